The Morgan fingerprint density at radius 3 is 1.67 bits per heavy atom. The number of hydrogen-bond donors (Lipinski definition) is 1. The van der Waals surface area contributed by atoms with E-state index in [4.69, 9.17) is 0 Å². The zero-order chi connectivity index (χ0) is 13.0. The van der Waals surface area contributed by atoms with Crippen molar-refractivity contribution in [2.24, 2.45) is 0 Å². The molecule has 0 fully saturated rings. The molecule has 3 rings (SSSR count). The van der Waals surface area contributed by atoms with E-state index >= 15 is 0 Å². The fraction of sp³-hybridized carbons (Fsp3) is 0.176. The van der Waals surface area contributed by atoms with Gasteiger partial charge in [-0.1, -0.05) is 62.4 Å². The molecule has 0 bridgehead atoms. The molecule has 0 saturated heterocycles. The molecule has 0 heterocycles. The fourth-order valence-corrected chi connectivity index (χ4v) is 2.28. The molecule has 0 aromatic heterocycles. The molecule has 0 spiro atoms. The normalized spacial score (nSPS) is 10.2. The number of hydrogen-bond acceptors (Lipinski definition) is 1. The fourth-order valence-electron chi connectivity index (χ4n) is 2.28. The molecular weight excluding hydrogens is 220 g/mol. The van der Waals surface area contributed by atoms with E-state index in [0.717, 1.165) is 16.3 Å². The molecule has 3 aromatic rings. The van der Waals surface area contributed by atoms with E-state index in [0.29, 0.717) is 0 Å². The molecule has 0 amide bonds. The van der Waals surface area contributed by atoms with Crippen LogP contribution in [0.1, 0.15) is 19.4 Å². The van der Waals surface area contributed by atoms with E-state index in [1.165, 1.54) is 10.8 Å². The predicted octanol–water partition coefficient (Wildman–Crippen LogP) is 4.51. The van der Waals surface area contributed by atoms with Crippen LogP contribution in [0, 0.1) is 0 Å². The van der Waals surface area contributed by atoms with Crippen LogP contribution in [-0.4, -0.2) is 5.11 Å². The summed E-state index contributed by atoms with van der Waals surface area (Å²) in [6.07, 6.45) is 0. The van der Waals surface area contributed by atoms with Crippen LogP contribution in [0.2, 0.25) is 0 Å². The Balaban J connectivity index is 0.000000574. The van der Waals surface area contributed by atoms with Gasteiger partial charge in [-0.3, -0.25) is 0 Å². The van der Waals surface area contributed by atoms with Crippen LogP contribution in [-0.2, 0) is 6.61 Å². The lowest BCUT2D eigenvalue weighted by Crippen LogP contribution is -1.88. The zero-order valence-electron chi connectivity index (χ0n) is 10.9. The van der Waals surface area contributed by atoms with Gasteiger partial charge in [0, 0.05) is 0 Å². The van der Waals surface area contributed by atoms with Gasteiger partial charge < -0.3 is 5.11 Å². The number of fused-ring (bicyclic) bond motifs is 2. The Bertz CT molecular complexity index is 602. The lowest BCUT2D eigenvalue weighted by atomic mass is 9.97. The second kappa shape index (κ2) is 5.65. The van der Waals surface area contributed by atoms with Gasteiger partial charge in [0.2, 0.25) is 0 Å². The minimum atomic E-state index is 0.0852. The van der Waals surface area contributed by atoms with E-state index in [1.807, 2.05) is 38.1 Å². The first-order chi connectivity index (χ1) is 8.90. The second-order valence-corrected chi connectivity index (χ2v) is 3.96. The van der Waals surface area contributed by atoms with Crippen molar-refractivity contribution < 1.29 is 5.11 Å². The third-order valence-corrected chi connectivity index (χ3v) is 3.04. The van der Waals surface area contributed by atoms with Crippen molar-refractivity contribution in [2.45, 2.75) is 20.5 Å². The molecule has 1 N–H and O–H groups in total. The highest BCUT2D eigenvalue weighted by molar-refractivity contribution is 6.02. The van der Waals surface area contributed by atoms with Crippen LogP contribution in [0.15, 0.2) is 54.6 Å². The van der Waals surface area contributed by atoms with Crippen LogP contribution in [0.4, 0.5) is 0 Å². The van der Waals surface area contributed by atoms with Crippen molar-refractivity contribution in [3.05, 3.63) is 60.2 Å². The van der Waals surface area contributed by atoms with Crippen molar-refractivity contribution in [3.8, 4) is 0 Å². The standard InChI is InChI=1S/C15H12O.C2H6/c16-10-15-13-7-3-1-5-11(13)9-12-6-2-4-8-14(12)15;1-2/h1-9,16H,10H2;1-2H3. The number of aliphatic hydroxyl groups is 1. The average Bonchev–Trinajstić information content (AvgIpc) is 2.46. The number of benzene rings is 3. The molecule has 0 aliphatic carbocycles. The van der Waals surface area contributed by atoms with Gasteiger partial charge in [0.25, 0.3) is 0 Å². The molecule has 0 saturated carbocycles. The van der Waals surface area contributed by atoms with Gasteiger partial charge in [0.15, 0.2) is 0 Å². The molecule has 0 atom stereocenters. The minimum absolute atomic E-state index is 0.0852. The lowest BCUT2D eigenvalue weighted by molar-refractivity contribution is 0.285. The average molecular weight is 238 g/mol. The molecule has 92 valence electrons. The van der Waals surface area contributed by atoms with Crippen molar-refractivity contribution in [2.75, 3.05) is 0 Å². The maximum atomic E-state index is 9.53. The highest BCUT2D eigenvalue weighted by Gasteiger charge is 2.05. The van der Waals surface area contributed by atoms with Crippen molar-refractivity contribution in [1.82, 2.24) is 0 Å². The summed E-state index contributed by atoms with van der Waals surface area (Å²) in [5, 5.41) is 14.2. The number of rotatable bonds is 1. The summed E-state index contributed by atoms with van der Waals surface area (Å²) < 4.78 is 0. The molecule has 0 unspecified atom stereocenters. The summed E-state index contributed by atoms with van der Waals surface area (Å²) >= 11 is 0. The van der Waals surface area contributed by atoms with Gasteiger partial charge in [-0.05, 0) is 33.2 Å². The Morgan fingerprint density at radius 2 is 1.22 bits per heavy atom. The SMILES string of the molecule is CC.OCc1c2ccccc2cc2ccccc12. The quantitative estimate of drug-likeness (QED) is 0.618. The highest BCUT2D eigenvalue weighted by Crippen LogP contribution is 2.28. The van der Waals surface area contributed by atoms with Crippen LogP contribution in [0.5, 0.6) is 0 Å². The first-order valence-electron chi connectivity index (χ1n) is 6.40. The lowest BCUT2D eigenvalue weighted by Gasteiger charge is -2.08. The van der Waals surface area contributed by atoms with Gasteiger partial charge >= 0.3 is 0 Å². The molecule has 1 heteroatoms. The first-order valence-corrected chi connectivity index (χ1v) is 6.40. The van der Waals surface area contributed by atoms with Crippen molar-refractivity contribution in [1.29, 1.82) is 0 Å². The predicted molar refractivity (Wildman–Crippen MR) is 78.7 cm³/mol. The Labute approximate surface area is 108 Å². The topological polar surface area (TPSA) is 20.2 Å². The molecule has 0 aliphatic heterocycles. The molecule has 0 aliphatic rings. The molecule has 0 radical (unpaired) electrons. The van der Waals surface area contributed by atoms with Gasteiger partial charge in [0.1, 0.15) is 0 Å². The van der Waals surface area contributed by atoms with E-state index in [1.54, 1.807) is 0 Å². The molecule has 3 aromatic carbocycles. The maximum absolute atomic E-state index is 9.53. The second-order valence-electron chi connectivity index (χ2n) is 3.96. The van der Waals surface area contributed by atoms with E-state index in [-0.39, 0.29) is 6.61 Å². The minimum Gasteiger partial charge on any atom is -0.392 e. The molecule has 18 heavy (non-hydrogen) atoms. The summed E-state index contributed by atoms with van der Waals surface area (Å²) in [5.74, 6) is 0. The van der Waals surface area contributed by atoms with Crippen molar-refractivity contribution in [3.63, 3.8) is 0 Å². The first kappa shape index (κ1) is 12.6. The summed E-state index contributed by atoms with van der Waals surface area (Å²) in [5.41, 5.74) is 1.02. The Hall–Kier alpha value is -1.86. The summed E-state index contributed by atoms with van der Waals surface area (Å²) in [4.78, 5) is 0. The van der Waals surface area contributed by atoms with E-state index < -0.39 is 0 Å². The maximum Gasteiger partial charge on any atom is 0.0693 e. The van der Waals surface area contributed by atoms with Gasteiger partial charge in [-0.2, -0.15) is 0 Å². The van der Waals surface area contributed by atoms with E-state index in [2.05, 4.69) is 30.3 Å². The van der Waals surface area contributed by atoms with Gasteiger partial charge in [-0.15, -0.1) is 0 Å². The largest absolute Gasteiger partial charge is 0.392 e. The molecular formula is C17H18O. The third-order valence-electron chi connectivity index (χ3n) is 3.04. The zero-order valence-corrected chi connectivity index (χ0v) is 10.9. The third kappa shape index (κ3) is 2.09. The molecule has 1 nitrogen and oxygen atoms in total. The van der Waals surface area contributed by atoms with Crippen LogP contribution < -0.4 is 0 Å². The van der Waals surface area contributed by atoms with E-state index in [9.17, 15) is 5.11 Å². The summed E-state index contributed by atoms with van der Waals surface area (Å²) in [7, 11) is 0. The van der Waals surface area contributed by atoms with Crippen LogP contribution in [0.25, 0.3) is 21.5 Å². The monoisotopic (exact) mass is 238 g/mol. The Kier molecular flexibility index (Phi) is 3.96. The van der Waals surface area contributed by atoms with Crippen molar-refractivity contribution >= 4 is 21.5 Å². The Morgan fingerprint density at radius 1 is 0.778 bits per heavy atom. The van der Waals surface area contributed by atoms with Crippen LogP contribution >= 0.6 is 0 Å². The summed E-state index contributed by atoms with van der Waals surface area (Å²) in [6.45, 7) is 4.09. The number of aliphatic hydroxyl groups excluding tert-OH is 1. The van der Waals surface area contributed by atoms with Crippen LogP contribution in [0.3, 0.4) is 0 Å². The summed E-state index contributed by atoms with van der Waals surface area (Å²) in [6, 6.07) is 18.5. The van der Waals surface area contributed by atoms with Gasteiger partial charge in [0.05, 0.1) is 6.61 Å². The highest BCUT2D eigenvalue weighted by atomic mass is 16.3. The van der Waals surface area contributed by atoms with Gasteiger partial charge in [-0.25, -0.2) is 0 Å². The smallest absolute Gasteiger partial charge is 0.0693 e.